The molecule has 2 unspecified atom stereocenters. The van der Waals surface area contributed by atoms with Crippen molar-refractivity contribution in [3.05, 3.63) is 69.5 Å². The molecule has 1 heterocycles. The van der Waals surface area contributed by atoms with Gasteiger partial charge in [0.25, 0.3) is 5.91 Å². The molecule has 0 radical (unpaired) electrons. The number of hydrogen-bond donors (Lipinski definition) is 0. The van der Waals surface area contributed by atoms with Crippen LogP contribution in [0.25, 0.3) is 4.85 Å². The summed E-state index contributed by atoms with van der Waals surface area (Å²) in [7, 11) is 0. The molecule has 28 heavy (non-hydrogen) atoms. The summed E-state index contributed by atoms with van der Waals surface area (Å²) in [6, 6.07) is 13.9. The molecule has 5 rings (SSSR count). The van der Waals surface area contributed by atoms with Crippen molar-refractivity contribution >= 4 is 27.5 Å². The fraction of sp³-hybridized carbons (Fsp3) is 0.391. The van der Waals surface area contributed by atoms with Gasteiger partial charge in [-0.05, 0) is 61.3 Å². The Bertz CT molecular complexity index is 969. The van der Waals surface area contributed by atoms with Crippen molar-refractivity contribution in [2.75, 3.05) is 0 Å². The van der Waals surface area contributed by atoms with Crippen molar-refractivity contribution in [2.24, 2.45) is 11.8 Å². The SMILES string of the molecule is [C-]#[N+]c1ccc(OC2CC3CC(N4Cc5ccccc5C4=O)CC3C2)cc1Br. The fourth-order valence-corrected chi connectivity index (χ4v) is 5.74. The van der Waals surface area contributed by atoms with Crippen LogP contribution in [-0.4, -0.2) is 23.0 Å². The Kier molecular flexibility index (Phi) is 4.40. The first kappa shape index (κ1) is 17.8. The predicted molar refractivity (Wildman–Crippen MR) is 110 cm³/mol. The summed E-state index contributed by atoms with van der Waals surface area (Å²) < 4.78 is 6.99. The van der Waals surface area contributed by atoms with E-state index in [0.717, 1.165) is 48.0 Å². The standard InChI is InChI=1S/C23H21BrN2O2/c1-25-22-7-6-18(12-21(22)24)28-19-10-15-8-17(9-16(15)11-19)26-13-14-4-2-3-5-20(14)23(26)27/h2-7,12,15-17,19H,8-11,13H2. The molecule has 142 valence electrons. The van der Waals surface area contributed by atoms with Gasteiger partial charge in [0.05, 0.1) is 12.7 Å². The van der Waals surface area contributed by atoms with E-state index in [0.29, 0.717) is 23.6 Å². The molecule has 3 aliphatic rings. The van der Waals surface area contributed by atoms with E-state index >= 15 is 0 Å². The minimum absolute atomic E-state index is 0.207. The van der Waals surface area contributed by atoms with Gasteiger partial charge in [-0.15, -0.1) is 0 Å². The van der Waals surface area contributed by atoms with Crippen LogP contribution in [0.4, 0.5) is 5.69 Å². The molecule has 2 aliphatic carbocycles. The van der Waals surface area contributed by atoms with E-state index in [1.54, 1.807) is 6.07 Å². The summed E-state index contributed by atoms with van der Waals surface area (Å²) in [5, 5.41) is 0. The van der Waals surface area contributed by atoms with Gasteiger partial charge in [-0.2, -0.15) is 0 Å². The molecule has 2 aromatic rings. The van der Waals surface area contributed by atoms with Crippen molar-refractivity contribution in [3.63, 3.8) is 0 Å². The molecule has 0 aromatic heterocycles. The van der Waals surface area contributed by atoms with Gasteiger partial charge < -0.3 is 9.64 Å². The van der Waals surface area contributed by atoms with E-state index in [1.807, 2.05) is 30.3 Å². The van der Waals surface area contributed by atoms with Crippen LogP contribution in [0.1, 0.15) is 41.6 Å². The van der Waals surface area contributed by atoms with Crippen LogP contribution in [0, 0.1) is 18.4 Å². The highest BCUT2D eigenvalue weighted by molar-refractivity contribution is 9.10. The molecular weight excluding hydrogens is 416 g/mol. The first-order valence-electron chi connectivity index (χ1n) is 9.85. The zero-order valence-electron chi connectivity index (χ0n) is 15.5. The Morgan fingerprint density at radius 3 is 2.50 bits per heavy atom. The number of hydrogen-bond acceptors (Lipinski definition) is 2. The van der Waals surface area contributed by atoms with Crippen LogP contribution in [0.2, 0.25) is 0 Å². The monoisotopic (exact) mass is 436 g/mol. The summed E-state index contributed by atoms with van der Waals surface area (Å²) >= 11 is 3.44. The second-order valence-corrected chi connectivity index (χ2v) is 9.03. The van der Waals surface area contributed by atoms with Crippen molar-refractivity contribution in [1.29, 1.82) is 0 Å². The first-order chi connectivity index (χ1) is 13.6. The maximum absolute atomic E-state index is 12.8. The summed E-state index contributed by atoms with van der Waals surface area (Å²) in [6.45, 7) is 7.90. The maximum Gasteiger partial charge on any atom is 0.254 e. The highest BCUT2D eigenvalue weighted by Crippen LogP contribution is 2.48. The highest BCUT2D eigenvalue weighted by atomic mass is 79.9. The first-order valence-corrected chi connectivity index (χ1v) is 10.6. The minimum atomic E-state index is 0.207. The lowest BCUT2D eigenvalue weighted by Crippen LogP contribution is -2.34. The number of halogens is 1. The third-order valence-electron chi connectivity index (χ3n) is 6.58. The molecule has 4 nitrogen and oxygen atoms in total. The summed E-state index contributed by atoms with van der Waals surface area (Å²) in [4.78, 5) is 18.3. The normalized spacial score (nSPS) is 28.1. The van der Waals surface area contributed by atoms with E-state index in [9.17, 15) is 4.79 Å². The van der Waals surface area contributed by atoms with E-state index in [-0.39, 0.29) is 12.0 Å². The second kappa shape index (κ2) is 6.93. The maximum atomic E-state index is 12.8. The summed E-state index contributed by atoms with van der Waals surface area (Å²) in [5.41, 5.74) is 2.66. The van der Waals surface area contributed by atoms with E-state index in [1.165, 1.54) is 5.56 Å². The van der Waals surface area contributed by atoms with Gasteiger partial charge in [-0.25, -0.2) is 4.85 Å². The summed E-state index contributed by atoms with van der Waals surface area (Å²) in [5.74, 6) is 2.30. The van der Waals surface area contributed by atoms with Gasteiger partial charge in [-0.3, -0.25) is 4.79 Å². The Morgan fingerprint density at radius 1 is 1.07 bits per heavy atom. The fourth-order valence-electron chi connectivity index (χ4n) is 5.30. The minimum Gasteiger partial charge on any atom is -0.490 e. The molecule has 2 atom stereocenters. The number of rotatable bonds is 3. The van der Waals surface area contributed by atoms with Gasteiger partial charge in [0.1, 0.15) is 5.75 Å². The van der Waals surface area contributed by atoms with E-state index in [2.05, 4.69) is 31.7 Å². The topological polar surface area (TPSA) is 33.9 Å². The molecule has 0 bridgehead atoms. The van der Waals surface area contributed by atoms with Gasteiger partial charge in [0.2, 0.25) is 5.69 Å². The largest absolute Gasteiger partial charge is 0.490 e. The number of amides is 1. The van der Waals surface area contributed by atoms with Crippen LogP contribution >= 0.6 is 15.9 Å². The van der Waals surface area contributed by atoms with Crippen LogP contribution in [-0.2, 0) is 6.54 Å². The Morgan fingerprint density at radius 2 is 1.82 bits per heavy atom. The number of fused-ring (bicyclic) bond motifs is 2. The zero-order chi connectivity index (χ0) is 19.3. The molecule has 0 saturated heterocycles. The molecule has 0 spiro atoms. The third-order valence-corrected chi connectivity index (χ3v) is 7.22. The Balaban J connectivity index is 1.21. The number of carbonyl (C=O) groups excluding carboxylic acids is 1. The number of carbonyl (C=O) groups is 1. The lowest BCUT2D eigenvalue weighted by molar-refractivity contribution is 0.0693. The van der Waals surface area contributed by atoms with Crippen molar-refractivity contribution in [2.45, 2.75) is 44.4 Å². The lowest BCUT2D eigenvalue weighted by atomic mass is 10.0. The van der Waals surface area contributed by atoms with Gasteiger partial charge in [-0.1, -0.05) is 40.2 Å². The lowest BCUT2D eigenvalue weighted by Gasteiger charge is -2.25. The number of nitrogens with zero attached hydrogens (tertiary/aromatic N) is 2. The molecule has 5 heteroatoms. The molecule has 1 amide bonds. The van der Waals surface area contributed by atoms with E-state index in [4.69, 9.17) is 11.3 Å². The van der Waals surface area contributed by atoms with Gasteiger partial charge >= 0.3 is 0 Å². The average Bonchev–Trinajstić information content (AvgIpc) is 3.34. The Labute approximate surface area is 173 Å². The molecular formula is C23H21BrN2O2. The van der Waals surface area contributed by atoms with Gasteiger partial charge in [0, 0.05) is 22.6 Å². The molecule has 0 N–H and O–H groups in total. The molecule has 2 fully saturated rings. The molecule has 2 saturated carbocycles. The van der Waals surface area contributed by atoms with Crippen LogP contribution in [0.15, 0.2) is 46.9 Å². The number of ether oxygens (including phenoxy) is 1. The average molecular weight is 437 g/mol. The number of benzene rings is 2. The van der Waals surface area contributed by atoms with E-state index < -0.39 is 0 Å². The van der Waals surface area contributed by atoms with Crippen molar-refractivity contribution in [3.8, 4) is 5.75 Å². The third kappa shape index (κ3) is 3.00. The zero-order valence-corrected chi connectivity index (χ0v) is 17.1. The van der Waals surface area contributed by atoms with Crippen molar-refractivity contribution < 1.29 is 9.53 Å². The highest BCUT2D eigenvalue weighted by Gasteiger charge is 2.46. The Hall–Kier alpha value is -2.32. The molecule has 2 aromatic carbocycles. The van der Waals surface area contributed by atoms with Crippen molar-refractivity contribution in [1.82, 2.24) is 4.90 Å². The smallest absolute Gasteiger partial charge is 0.254 e. The van der Waals surface area contributed by atoms with Gasteiger partial charge in [0.15, 0.2) is 0 Å². The van der Waals surface area contributed by atoms with Crippen LogP contribution in [0.5, 0.6) is 5.75 Å². The van der Waals surface area contributed by atoms with Crippen LogP contribution in [0.3, 0.4) is 0 Å². The predicted octanol–water partition coefficient (Wildman–Crippen LogP) is 5.59. The second-order valence-electron chi connectivity index (χ2n) is 8.17. The van der Waals surface area contributed by atoms with Crippen LogP contribution < -0.4 is 4.74 Å². The molecule has 1 aliphatic heterocycles. The quantitative estimate of drug-likeness (QED) is 0.587. The summed E-state index contributed by atoms with van der Waals surface area (Å²) in [6.07, 6.45) is 4.51.